The molecule has 1 aliphatic rings. The highest BCUT2D eigenvalue weighted by Crippen LogP contribution is 2.33. The third kappa shape index (κ3) is 3.82. The lowest BCUT2D eigenvalue weighted by atomic mass is 9.99. The summed E-state index contributed by atoms with van der Waals surface area (Å²) >= 11 is 1.42. The van der Waals surface area contributed by atoms with E-state index in [1.54, 1.807) is 0 Å². The van der Waals surface area contributed by atoms with Gasteiger partial charge in [-0.15, -0.1) is 11.3 Å². The van der Waals surface area contributed by atoms with Gasteiger partial charge >= 0.3 is 6.18 Å². The van der Waals surface area contributed by atoms with E-state index in [-0.39, 0.29) is 0 Å². The normalized spacial score (nSPS) is 13.7. The van der Waals surface area contributed by atoms with E-state index in [9.17, 15) is 13.2 Å². The van der Waals surface area contributed by atoms with Crippen LogP contribution in [0.2, 0.25) is 0 Å². The Bertz CT molecular complexity index is 1040. The Morgan fingerprint density at radius 2 is 1.75 bits per heavy atom. The minimum Gasteiger partial charge on any atom is -0.457 e. The Labute approximate surface area is 164 Å². The van der Waals surface area contributed by atoms with Crippen molar-refractivity contribution in [2.75, 3.05) is 11.4 Å². The molecule has 0 amide bonds. The van der Waals surface area contributed by atoms with Crippen molar-refractivity contribution in [3.05, 3.63) is 75.5 Å². The van der Waals surface area contributed by atoms with Crippen molar-refractivity contribution in [2.24, 2.45) is 0 Å². The molecule has 0 saturated heterocycles. The number of benzene rings is 2. The smallest absolute Gasteiger partial charge is 0.416 e. The fourth-order valence-corrected chi connectivity index (χ4v) is 3.92. The Morgan fingerprint density at radius 3 is 2.43 bits per heavy atom. The van der Waals surface area contributed by atoms with Crippen molar-refractivity contribution in [1.29, 1.82) is 5.26 Å². The molecule has 28 heavy (non-hydrogen) atoms. The van der Waals surface area contributed by atoms with E-state index >= 15 is 0 Å². The number of alkyl halides is 3. The zero-order chi connectivity index (χ0) is 19.7. The van der Waals surface area contributed by atoms with Crippen LogP contribution in [-0.4, -0.2) is 6.54 Å². The minimum atomic E-state index is -4.36. The van der Waals surface area contributed by atoms with Gasteiger partial charge in [-0.25, -0.2) is 0 Å². The van der Waals surface area contributed by atoms with Crippen LogP contribution in [0.4, 0.5) is 18.9 Å². The monoisotopic (exact) mass is 400 g/mol. The summed E-state index contributed by atoms with van der Waals surface area (Å²) in [5, 5.41) is 11.0. The number of nitrogens with zero attached hydrogens (tertiary/aromatic N) is 2. The fraction of sp³-hybridized carbons (Fsp3) is 0.190. The molecule has 3 aromatic rings. The summed E-state index contributed by atoms with van der Waals surface area (Å²) in [6.45, 7) is 1.56. The molecule has 4 rings (SSSR count). The van der Waals surface area contributed by atoms with Gasteiger partial charge in [0.25, 0.3) is 0 Å². The average Bonchev–Trinajstić information content (AvgIpc) is 3.16. The highest BCUT2D eigenvalue weighted by Gasteiger charge is 2.30. The van der Waals surface area contributed by atoms with Crippen molar-refractivity contribution < 1.29 is 17.9 Å². The summed E-state index contributed by atoms with van der Waals surface area (Å²) < 4.78 is 43.8. The number of hydrogen-bond acceptors (Lipinski definition) is 4. The number of ether oxygens (including phenoxy) is 1. The van der Waals surface area contributed by atoms with Crippen molar-refractivity contribution in [3.63, 3.8) is 0 Å². The molecule has 0 fully saturated rings. The number of nitriles is 1. The molecule has 3 nitrogen and oxygen atoms in total. The molecular weight excluding hydrogens is 385 g/mol. The van der Waals surface area contributed by atoms with Crippen LogP contribution in [0, 0.1) is 11.3 Å². The molecule has 142 valence electrons. The quantitative estimate of drug-likeness (QED) is 0.542. The van der Waals surface area contributed by atoms with Crippen LogP contribution in [0.25, 0.3) is 0 Å². The maximum atomic E-state index is 12.7. The third-order valence-electron chi connectivity index (χ3n) is 4.67. The van der Waals surface area contributed by atoms with E-state index in [0.717, 1.165) is 36.3 Å². The van der Waals surface area contributed by atoms with Crippen molar-refractivity contribution >= 4 is 17.0 Å². The Morgan fingerprint density at radius 1 is 1.00 bits per heavy atom. The first-order valence-electron chi connectivity index (χ1n) is 8.63. The molecule has 0 aliphatic carbocycles. The molecule has 1 aromatic heterocycles. The average molecular weight is 400 g/mol. The summed E-state index contributed by atoms with van der Waals surface area (Å²) in [5.74, 6) is 0.945. The van der Waals surface area contributed by atoms with Crippen LogP contribution in [0.1, 0.15) is 21.6 Å². The second-order valence-corrected chi connectivity index (χ2v) is 7.42. The van der Waals surface area contributed by atoms with E-state index in [1.165, 1.54) is 29.0 Å². The van der Waals surface area contributed by atoms with Crippen molar-refractivity contribution in [1.82, 2.24) is 0 Å². The van der Waals surface area contributed by atoms with Crippen LogP contribution in [0.3, 0.4) is 0 Å². The first-order valence-corrected chi connectivity index (χ1v) is 9.51. The standard InChI is InChI=1S/C21H15F3N2OS/c22-21(23,24)16-2-5-18(6-3-16)27-19-4-1-14-7-8-26(12-15(14)9-19)17-10-20(11-25)28-13-17/h1-6,9-10,13H,7-8,12H2. The Balaban J connectivity index is 1.51. The maximum absolute atomic E-state index is 12.7. The molecule has 2 heterocycles. The second-order valence-electron chi connectivity index (χ2n) is 6.51. The topological polar surface area (TPSA) is 36.3 Å². The zero-order valence-corrected chi connectivity index (χ0v) is 15.5. The Kier molecular flexibility index (Phi) is 4.73. The molecule has 0 spiro atoms. The lowest BCUT2D eigenvalue weighted by Gasteiger charge is -2.30. The van der Waals surface area contributed by atoms with E-state index in [0.29, 0.717) is 22.9 Å². The molecule has 7 heteroatoms. The van der Waals surface area contributed by atoms with Crippen LogP contribution in [-0.2, 0) is 19.1 Å². The summed E-state index contributed by atoms with van der Waals surface area (Å²) in [6, 6.07) is 14.5. The lowest BCUT2D eigenvalue weighted by Crippen LogP contribution is -2.29. The van der Waals surface area contributed by atoms with Gasteiger partial charge in [0.15, 0.2) is 0 Å². The highest BCUT2D eigenvalue weighted by atomic mass is 32.1. The predicted octanol–water partition coefficient (Wildman–Crippen LogP) is 5.99. The van der Waals surface area contributed by atoms with Gasteiger partial charge in [0.05, 0.1) is 5.56 Å². The Hall–Kier alpha value is -2.98. The summed E-state index contributed by atoms with van der Waals surface area (Å²) in [7, 11) is 0. The molecule has 2 aromatic carbocycles. The van der Waals surface area contributed by atoms with Gasteiger partial charge < -0.3 is 9.64 Å². The number of rotatable bonds is 3. The number of halogens is 3. The molecular formula is C21H15F3N2OS. The van der Waals surface area contributed by atoms with Crippen LogP contribution < -0.4 is 9.64 Å². The fourth-order valence-electron chi connectivity index (χ4n) is 3.22. The van der Waals surface area contributed by atoms with Gasteiger partial charge in [-0.2, -0.15) is 18.4 Å². The van der Waals surface area contributed by atoms with Gasteiger partial charge in [-0.05, 0) is 60.0 Å². The summed E-state index contributed by atoms with van der Waals surface area (Å²) in [6.07, 6.45) is -3.48. The summed E-state index contributed by atoms with van der Waals surface area (Å²) in [4.78, 5) is 2.89. The third-order valence-corrected chi connectivity index (χ3v) is 5.49. The predicted molar refractivity (Wildman–Crippen MR) is 102 cm³/mol. The first kappa shape index (κ1) is 18.4. The van der Waals surface area contributed by atoms with Gasteiger partial charge in [-0.1, -0.05) is 6.07 Å². The SMILES string of the molecule is N#Cc1cc(N2CCc3ccc(Oc4ccc(C(F)(F)F)cc4)cc3C2)cs1. The minimum absolute atomic E-state index is 0.358. The van der Waals surface area contributed by atoms with E-state index in [1.807, 2.05) is 29.6 Å². The van der Waals surface area contributed by atoms with E-state index < -0.39 is 11.7 Å². The largest absolute Gasteiger partial charge is 0.457 e. The number of thiophene rings is 1. The number of fused-ring (bicyclic) bond motifs is 1. The van der Waals surface area contributed by atoms with E-state index in [2.05, 4.69) is 11.0 Å². The lowest BCUT2D eigenvalue weighted by molar-refractivity contribution is -0.137. The summed E-state index contributed by atoms with van der Waals surface area (Å²) in [5.41, 5.74) is 2.67. The zero-order valence-electron chi connectivity index (χ0n) is 14.7. The van der Waals surface area contributed by atoms with Crippen LogP contribution in [0.5, 0.6) is 11.5 Å². The van der Waals surface area contributed by atoms with Crippen molar-refractivity contribution in [3.8, 4) is 17.6 Å². The maximum Gasteiger partial charge on any atom is 0.416 e. The second kappa shape index (κ2) is 7.21. The molecule has 0 atom stereocenters. The van der Waals surface area contributed by atoms with Crippen LogP contribution in [0.15, 0.2) is 53.9 Å². The van der Waals surface area contributed by atoms with E-state index in [4.69, 9.17) is 10.00 Å². The molecule has 0 unspecified atom stereocenters. The molecule has 0 N–H and O–H groups in total. The van der Waals surface area contributed by atoms with Gasteiger partial charge in [-0.3, -0.25) is 0 Å². The highest BCUT2D eigenvalue weighted by molar-refractivity contribution is 7.11. The molecule has 0 bridgehead atoms. The number of anilines is 1. The van der Waals surface area contributed by atoms with Gasteiger partial charge in [0.2, 0.25) is 0 Å². The van der Waals surface area contributed by atoms with Crippen molar-refractivity contribution in [2.45, 2.75) is 19.1 Å². The van der Waals surface area contributed by atoms with Gasteiger partial charge in [0, 0.05) is 24.2 Å². The molecule has 0 saturated carbocycles. The van der Waals surface area contributed by atoms with Gasteiger partial charge in [0.1, 0.15) is 22.4 Å². The first-order chi connectivity index (χ1) is 13.4. The molecule has 0 radical (unpaired) electrons. The van der Waals surface area contributed by atoms with Crippen LogP contribution >= 0.6 is 11.3 Å². The number of hydrogen-bond donors (Lipinski definition) is 0. The molecule has 1 aliphatic heterocycles.